The second kappa shape index (κ2) is 4.93. The van der Waals surface area contributed by atoms with Crippen molar-refractivity contribution < 1.29 is 19.1 Å². The maximum absolute atomic E-state index is 11.3. The molecular weight excluding hydrogens is 274 g/mol. The highest BCUT2D eigenvalue weighted by Gasteiger charge is 2.17. The Morgan fingerprint density at radius 1 is 1.48 bits per heavy atom. The highest BCUT2D eigenvalue weighted by Crippen LogP contribution is 2.29. The van der Waals surface area contributed by atoms with Crippen molar-refractivity contribution in [1.29, 1.82) is 0 Å². The molecule has 1 aromatic carbocycles. The number of aryl methyl sites for hydroxylation is 2. The highest BCUT2D eigenvalue weighted by atomic mass is 16.5. The van der Waals surface area contributed by atoms with Crippen molar-refractivity contribution in [2.45, 2.75) is 13.5 Å². The van der Waals surface area contributed by atoms with Crippen LogP contribution in [0.25, 0.3) is 11.0 Å². The molecule has 0 spiro atoms. The molecule has 2 heterocycles. The standard InChI is InChI=1S/C14H13N3O4/c1-8-13(14(18)19)11-5-10(3-4-12(11)21-8)20-7-9-6-17(2)16-15-9/h3-6H,7H2,1-2H3,(H,18,19). The van der Waals surface area contributed by atoms with Crippen LogP contribution in [-0.2, 0) is 13.7 Å². The molecule has 3 aromatic rings. The summed E-state index contributed by atoms with van der Waals surface area (Å²) < 4.78 is 12.6. The number of ether oxygens (including phenoxy) is 1. The zero-order chi connectivity index (χ0) is 15.0. The Labute approximate surface area is 119 Å². The Morgan fingerprint density at radius 3 is 2.95 bits per heavy atom. The Hall–Kier alpha value is -2.83. The lowest BCUT2D eigenvalue weighted by atomic mass is 10.1. The molecule has 0 radical (unpaired) electrons. The summed E-state index contributed by atoms with van der Waals surface area (Å²) in [5, 5.41) is 17.5. The quantitative estimate of drug-likeness (QED) is 0.790. The molecule has 3 rings (SSSR count). The summed E-state index contributed by atoms with van der Waals surface area (Å²) in [6.07, 6.45) is 1.75. The van der Waals surface area contributed by atoms with Crippen molar-refractivity contribution in [2.24, 2.45) is 7.05 Å². The van der Waals surface area contributed by atoms with E-state index in [0.717, 1.165) is 0 Å². The van der Waals surface area contributed by atoms with E-state index in [1.165, 1.54) is 0 Å². The Kier molecular flexibility index (Phi) is 3.09. The number of carbonyl (C=O) groups is 1. The van der Waals surface area contributed by atoms with E-state index in [9.17, 15) is 9.90 Å². The average Bonchev–Trinajstić information content (AvgIpc) is 2.98. The number of hydrogen-bond donors (Lipinski definition) is 1. The zero-order valence-corrected chi connectivity index (χ0v) is 11.5. The molecule has 108 valence electrons. The molecule has 1 N–H and O–H groups in total. The number of fused-ring (bicyclic) bond motifs is 1. The van der Waals surface area contributed by atoms with Crippen molar-refractivity contribution in [3.63, 3.8) is 0 Å². The predicted octanol–water partition coefficient (Wildman–Crippen LogP) is 2.15. The van der Waals surface area contributed by atoms with Gasteiger partial charge in [0.2, 0.25) is 0 Å². The molecule has 7 nitrogen and oxygen atoms in total. The number of hydrogen-bond acceptors (Lipinski definition) is 5. The van der Waals surface area contributed by atoms with Gasteiger partial charge in [-0.3, -0.25) is 4.68 Å². The fourth-order valence-corrected chi connectivity index (χ4v) is 2.17. The van der Waals surface area contributed by atoms with E-state index in [4.69, 9.17) is 9.15 Å². The van der Waals surface area contributed by atoms with Crippen LogP contribution in [0.3, 0.4) is 0 Å². The summed E-state index contributed by atoms with van der Waals surface area (Å²) in [5.41, 5.74) is 1.38. The van der Waals surface area contributed by atoms with Crippen molar-refractivity contribution in [3.05, 3.63) is 41.4 Å². The van der Waals surface area contributed by atoms with Crippen LogP contribution in [0.5, 0.6) is 5.75 Å². The van der Waals surface area contributed by atoms with E-state index in [1.807, 2.05) is 0 Å². The minimum absolute atomic E-state index is 0.162. The van der Waals surface area contributed by atoms with E-state index >= 15 is 0 Å². The fourth-order valence-electron chi connectivity index (χ4n) is 2.17. The van der Waals surface area contributed by atoms with Gasteiger partial charge in [0.05, 0.1) is 6.20 Å². The summed E-state index contributed by atoms with van der Waals surface area (Å²) >= 11 is 0. The van der Waals surface area contributed by atoms with Crippen LogP contribution in [0.4, 0.5) is 0 Å². The molecule has 0 amide bonds. The third kappa shape index (κ3) is 2.45. The lowest BCUT2D eigenvalue weighted by molar-refractivity contribution is 0.0697. The van der Waals surface area contributed by atoms with Crippen molar-refractivity contribution in [3.8, 4) is 5.75 Å². The fraction of sp³-hybridized carbons (Fsp3) is 0.214. The normalized spacial score (nSPS) is 11.0. The van der Waals surface area contributed by atoms with Gasteiger partial charge in [0.15, 0.2) is 0 Å². The predicted molar refractivity (Wildman–Crippen MR) is 73.2 cm³/mol. The maximum atomic E-state index is 11.3. The van der Waals surface area contributed by atoms with Gasteiger partial charge in [0.25, 0.3) is 0 Å². The molecule has 0 aliphatic carbocycles. The first kappa shape index (κ1) is 13.2. The minimum Gasteiger partial charge on any atom is -0.487 e. The first-order chi connectivity index (χ1) is 10.0. The Balaban J connectivity index is 1.89. The second-order valence-corrected chi connectivity index (χ2v) is 4.67. The van der Waals surface area contributed by atoms with Crippen LogP contribution in [0.2, 0.25) is 0 Å². The average molecular weight is 287 g/mol. The van der Waals surface area contributed by atoms with Gasteiger partial charge in [-0.2, -0.15) is 0 Å². The minimum atomic E-state index is -1.02. The highest BCUT2D eigenvalue weighted by molar-refractivity contribution is 6.03. The molecule has 0 bridgehead atoms. The molecule has 0 fully saturated rings. The third-order valence-corrected chi connectivity index (χ3v) is 3.09. The molecule has 0 saturated heterocycles. The summed E-state index contributed by atoms with van der Waals surface area (Å²) in [7, 11) is 1.77. The number of nitrogens with zero attached hydrogens (tertiary/aromatic N) is 3. The van der Waals surface area contributed by atoms with Crippen molar-refractivity contribution in [2.75, 3.05) is 0 Å². The number of aromatic carboxylic acids is 1. The molecule has 0 saturated carbocycles. The molecule has 0 aliphatic heterocycles. The summed E-state index contributed by atoms with van der Waals surface area (Å²) in [6, 6.07) is 5.08. The molecule has 2 aromatic heterocycles. The maximum Gasteiger partial charge on any atom is 0.339 e. The van der Waals surface area contributed by atoms with Crippen LogP contribution >= 0.6 is 0 Å². The molecule has 7 heteroatoms. The van der Waals surface area contributed by atoms with E-state index in [0.29, 0.717) is 28.2 Å². The van der Waals surface area contributed by atoms with Gasteiger partial charge in [-0.15, -0.1) is 5.10 Å². The SMILES string of the molecule is Cc1oc2ccc(OCc3cn(C)nn3)cc2c1C(=O)O. The lowest BCUT2D eigenvalue weighted by Crippen LogP contribution is -1.98. The molecule has 21 heavy (non-hydrogen) atoms. The van der Waals surface area contributed by atoms with Gasteiger partial charge in [-0.05, 0) is 25.1 Å². The smallest absolute Gasteiger partial charge is 0.339 e. The molecule has 0 unspecified atom stereocenters. The Bertz CT molecular complexity index is 819. The van der Waals surface area contributed by atoms with Gasteiger partial charge in [-0.25, -0.2) is 4.79 Å². The van der Waals surface area contributed by atoms with Gasteiger partial charge in [0.1, 0.15) is 35.0 Å². The number of rotatable bonds is 4. The second-order valence-electron chi connectivity index (χ2n) is 4.67. The molecular formula is C14H13N3O4. The first-order valence-electron chi connectivity index (χ1n) is 6.29. The van der Waals surface area contributed by atoms with Crippen LogP contribution in [0.1, 0.15) is 21.8 Å². The van der Waals surface area contributed by atoms with E-state index in [1.54, 1.807) is 43.0 Å². The summed E-state index contributed by atoms with van der Waals surface area (Å²) in [5.74, 6) is -0.0858. The number of carboxylic acid groups (broad SMARTS) is 1. The van der Waals surface area contributed by atoms with E-state index in [-0.39, 0.29) is 12.2 Å². The number of benzene rings is 1. The van der Waals surface area contributed by atoms with Gasteiger partial charge in [-0.1, -0.05) is 5.21 Å². The topological polar surface area (TPSA) is 90.4 Å². The lowest BCUT2D eigenvalue weighted by Gasteiger charge is -2.03. The number of aromatic nitrogens is 3. The molecule has 0 aliphatic rings. The number of furan rings is 1. The monoisotopic (exact) mass is 287 g/mol. The van der Waals surface area contributed by atoms with Crippen LogP contribution in [-0.4, -0.2) is 26.1 Å². The van der Waals surface area contributed by atoms with Gasteiger partial charge in [0, 0.05) is 12.4 Å². The summed E-state index contributed by atoms with van der Waals surface area (Å²) in [4.78, 5) is 11.3. The molecule has 0 atom stereocenters. The van der Waals surface area contributed by atoms with E-state index in [2.05, 4.69) is 10.3 Å². The van der Waals surface area contributed by atoms with Crippen LogP contribution in [0, 0.1) is 6.92 Å². The number of carboxylic acids is 1. The van der Waals surface area contributed by atoms with Gasteiger partial charge < -0.3 is 14.3 Å². The van der Waals surface area contributed by atoms with Crippen molar-refractivity contribution >= 4 is 16.9 Å². The largest absolute Gasteiger partial charge is 0.487 e. The van der Waals surface area contributed by atoms with E-state index < -0.39 is 5.97 Å². The van der Waals surface area contributed by atoms with Crippen LogP contribution < -0.4 is 4.74 Å². The van der Waals surface area contributed by atoms with Crippen molar-refractivity contribution in [1.82, 2.24) is 15.0 Å². The summed E-state index contributed by atoms with van der Waals surface area (Å²) in [6.45, 7) is 1.89. The van der Waals surface area contributed by atoms with Gasteiger partial charge >= 0.3 is 5.97 Å². The first-order valence-corrected chi connectivity index (χ1v) is 6.29. The zero-order valence-electron chi connectivity index (χ0n) is 11.5. The Morgan fingerprint density at radius 2 is 2.29 bits per heavy atom. The third-order valence-electron chi connectivity index (χ3n) is 3.09. The van der Waals surface area contributed by atoms with Crippen LogP contribution in [0.15, 0.2) is 28.8 Å².